The normalized spacial score (nSPS) is 10.6. The lowest BCUT2D eigenvalue weighted by Crippen LogP contribution is -2.20. The Bertz CT molecular complexity index is 770. The van der Waals surface area contributed by atoms with Crippen LogP contribution in [-0.4, -0.2) is 18.5 Å². The molecule has 0 saturated carbocycles. The fraction of sp³-hybridized carbons (Fsp3) is 0.111. The van der Waals surface area contributed by atoms with E-state index < -0.39 is 30.1 Å². The third-order valence-electron chi connectivity index (χ3n) is 3.04. The molecule has 0 aliphatic rings. The Kier molecular flexibility index (Phi) is 5.78. The first-order valence-electron chi connectivity index (χ1n) is 7.10. The second kappa shape index (κ2) is 8.01. The summed E-state index contributed by atoms with van der Waals surface area (Å²) in [7, 11) is 0. The van der Waals surface area contributed by atoms with Crippen molar-refractivity contribution in [2.24, 2.45) is 0 Å². The maximum absolute atomic E-state index is 13.4. The Labute approximate surface area is 137 Å². The number of carbonyl (C=O) groups excluding carboxylic acids is 2. The van der Waals surface area contributed by atoms with Gasteiger partial charge in [0, 0.05) is 12.1 Å². The van der Waals surface area contributed by atoms with Gasteiger partial charge in [0.25, 0.3) is 5.91 Å². The van der Waals surface area contributed by atoms with E-state index in [0.717, 1.165) is 23.3 Å². The van der Waals surface area contributed by atoms with E-state index in [4.69, 9.17) is 4.74 Å². The zero-order valence-corrected chi connectivity index (χ0v) is 12.9. The zero-order chi connectivity index (χ0) is 17.5. The lowest BCUT2D eigenvalue weighted by molar-refractivity contribution is -0.142. The van der Waals surface area contributed by atoms with E-state index in [1.54, 1.807) is 6.08 Å². The number of nitrogens with one attached hydrogen (secondary N) is 1. The van der Waals surface area contributed by atoms with Crippen LogP contribution >= 0.6 is 0 Å². The number of carbonyl (C=O) groups is 2. The van der Waals surface area contributed by atoms with Gasteiger partial charge in [-0.3, -0.25) is 4.79 Å². The number of hydrogen-bond donors (Lipinski definition) is 1. The fourth-order valence-corrected chi connectivity index (χ4v) is 1.80. The van der Waals surface area contributed by atoms with Gasteiger partial charge in [-0.1, -0.05) is 29.8 Å². The van der Waals surface area contributed by atoms with Crippen molar-refractivity contribution in [2.45, 2.75) is 6.92 Å². The highest BCUT2D eigenvalue weighted by atomic mass is 19.1. The summed E-state index contributed by atoms with van der Waals surface area (Å²) < 4.78 is 30.9. The van der Waals surface area contributed by atoms with Crippen LogP contribution in [0.25, 0.3) is 6.08 Å². The van der Waals surface area contributed by atoms with Crippen molar-refractivity contribution in [3.8, 4) is 0 Å². The zero-order valence-electron chi connectivity index (χ0n) is 12.9. The first-order chi connectivity index (χ1) is 11.4. The average molecular weight is 331 g/mol. The summed E-state index contributed by atoms with van der Waals surface area (Å²) in [5, 5.41) is 2.19. The summed E-state index contributed by atoms with van der Waals surface area (Å²) in [6.45, 7) is 1.37. The molecule has 2 rings (SSSR count). The highest BCUT2D eigenvalue weighted by Crippen LogP contribution is 2.14. The summed E-state index contributed by atoms with van der Waals surface area (Å²) in [5.74, 6) is -3.09. The van der Waals surface area contributed by atoms with E-state index in [0.29, 0.717) is 6.07 Å². The van der Waals surface area contributed by atoms with Crippen LogP contribution in [0.3, 0.4) is 0 Å². The average Bonchev–Trinajstić information content (AvgIpc) is 2.55. The van der Waals surface area contributed by atoms with Gasteiger partial charge in [0.2, 0.25) is 0 Å². The van der Waals surface area contributed by atoms with Crippen LogP contribution in [0.15, 0.2) is 48.5 Å². The quantitative estimate of drug-likeness (QED) is 0.674. The van der Waals surface area contributed by atoms with Gasteiger partial charge in [-0.05, 0) is 30.7 Å². The third-order valence-corrected chi connectivity index (χ3v) is 3.04. The summed E-state index contributed by atoms with van der Waals surface area (Å²) in [5.41, 5.74) is 1.72. The molecule has 0 unspecified atom stereocenters. The molecule has 0 saturated heterocycles. The molecule has 6 heteroatoms. The van der Waals surface area contributed by atoms with Crippen LogP contribution < -0.4 is 5.32 Å². The number of aryl methyl sites for hydroxylation is 1. The van der Waals surface area contributed by atoms with Crippen molar-refractivity contribution in [2.75, 3.05) is 11.9 Å². The summed E-state index contributed by atoms with van der Waals surface area (Å²) >= 11 is 0. The maximum Gasteiger partial charge on any atom is 0.331 e. The Balaban J connectivity index is 1.82. The van der Waals surface area contributed by atoms with Crippen LogP contribution in [0.5, 0.6) is 0 Å². The highest BCUT2D eigenvalue weighted by molar-refractivity contribution is 5.94. The molecule has 0 aliphatic carbocycles. The van der Waals surface area contributed by atoms with Gasteiger partial charge in [0.1, 0.15) is 11.6 Å². The molecule has 0 bridgehead atoms. The number of amides is 1. The number of esters is 1. The number of halogens is 2. The van der Waals surface area contributed by atoms with E-state index in [9.17, 15) is 18.4 Å². The molecule has 0 aromatic heterocycles. The van der Waals surface area contributed by atoms with E-state index in [-0.39, 0.29) is 5.69 Å². The van der Waals surface area contributed by atoms with Gasteiger partial charge in [0.05, 0.1) is 5.69 Å². The molecule has 2 aromatic rings. The van der Waals surface area contributed by atoms with E-state index in [1.807, 2.05) is 31.2 Å². The van der Waals surface area contributed by atoms with E-state index >= 15 is 0 Å². The third kappa shape index (κ3) is 5.31. The van der Waals surface area contributed by atoms with Gasteiger partial charge < -0.3 is 10.1 Å². The topological polar surface area (TPSA) is 55.4 Å². The minimum atomic E-state index is -0.908. The molecule has 0 heterocycles. The Morgan fingerprint density at radius 1 is 1.12 bits per heavy atom. The minimum absolute atomic E-state index is 0.187. The smallest absolute Gasteiger partial charge is 0.331 e. The Morgan fingerprint density at radius 2 is 1.83 bits per heavy atom. The second-order valence-electron chi connectivity index (χ2n) is 5.02. The van der Waals surface area contributed by atoms with Crippen molar-refractivity contribution in [3.63, 3.8) is 0 Å². The van der Waals surface area contributed by atoms with Gasteiger partial charge in [-0.25, -0.2) is 13.6 Å². The van der Waals surface area contributed by atoms with E-state index in [1.165, 1.54) is 6.08 Å². The summed E-state index contributed by atoms with van der Waals surface area (Å²) in [4.78, 5) is 23.1. The molecular weight excluding hydrogens is 316 g/mol. The number of ether oxygens (including phenoxy) is 1. The molecule has 0 fully saturated rings. The molecule has 0 atom stereocenters. The summed E-state index contributed by atoms with van der Waals surface area (Å²) in [6.07, 6.45) is 2.75. The summed E-state index contributed by atoms with van der Waals surface area (Å²) in [6, 6.07) is 10.2. The van der Waals surface area contributed by atoms with Crippen LogP contribution in [0.1, 0.15) is 11.1 Å². The molecule has 4 nitrogen and oxygen atoms in total. The standard InChI is InChI=1S/C18H15F2NO3/c1-12-2-4-13(5-3-12)6-9-18(23)24-11-17(22)21-16-8-7-14(19)10-15(16)20/h2-10H,11H2,1H3,(H,21,22). The van der Waals surface area contributed by atoms with Gasteiger partial charge in [-0.2, -0.15) is 0 Å². The molecular formula is C18H15F2NO3. The Hall–Kier alpha value is -3.02. The van der Waals surface area contributed by atoms with Gasteiger partial charge in [0.15, 0.2) is 6.61 Å². The Morgan fingerprint density at radius 3 is 2.50 bits per heavy atom. The largest absolute Gasteiger partial charge is 0.452 e. The monoisotopic (exact) mass is 331 g/mol. The molecule has 24 heavy (non-hydrogen) atoms. The number of rotatable bonds is 5. The molecule has 0 radical (unpaired) electrons. The predicted molar refractivity (Wildman–Crippen MR) is 86.2 cm³/mol. The number of anilines is 1. The van der Waals surface area contributed by atoms with Crippen LogP contribution in [-0.2, 0) is 14.3 Å². The highest BCUT2D eigenvalue weighted by Gasteiger charge is 2.09. The van der Waals surface area contributed by atoms with Crippen molar-refractivity contribution < 1.29 is 23.1 Å². The molecule has 2 aromatic carbocycles. The lowest BCUT2D eigenvalue weighted by Gasteiger charge is -2.06. The van der Waals surface area contributed by atoms with Crippen LogP contribution in [0.4, 0.5) is 14.5 Å². The molecule has 0 spiro atoms. The molecule has 124 valence electrons. The first kappa shape index (κ1) is 17.3. The lowest BCUT2D eigenvalue weighted by atomic mass is 10.1. The van der Waals surface area contributed by atoms with Crippen LogP contribution in [0, 0.1) is 18.6 Å². The number of hydrogen-bond acceptors (Lipinski definition) is 3. The van der Waals surface area contributed by atoms with Gasteiger partial charge in [-0.15, -0.1) is 0 Å². The van der Waals surface area contributed by atoms with Crippen LogP contribution in [0.2, 0.25) is 0 Å². The SMILES string of the molecule is Cc1ccc(C=CC(=O)OCC(=O)Nc2ccc(F)cc2F)cc1. The molecule has 1 N–H and O–H groups in total. The van der Waals surface area contributed by atoms with Crippen molar-refractivity contribution in [1.82, 2.24) is 0 Å². The van der Waals surface area contributed by atoms with Crippen molar-refractivity contribution in [3.05, 3.63) is 71.3 Å². The van der Waals surface area contributed by atoms with Crippen molar-refractivity contribution >= 4 is 23.6 Å². The molecule has 0 aliphatic heterocycles. The second-order valence-corrected chi connectivity index (χ2v) is 5.02. The predicted octanol–water partition coefficient (Wildman–Crippen LogP) is 3.47. The maximum atomic E-state index is 13.4. The van der Waals surface area contributed by atoms with Gasteiger partial charge >= 0.3 is 5.97 Å². The number of benzene rings is 2. The van der Waals surface area contributed by atoms with Crippen molar-refractivity contribution in [1.29, 1.82) is 0 Å². The fourth-order valence-electron chi connectivity index (χ4n) is 1.80. The first-order valence-corrected chi connectivity index (χ1v) is 7.10. The minimum Gasteiger partial charge on any atom is -0.452 e. The molecule has 1 amide bonds. The van der Waals surface area contributed by atoms with E-state index in [2.05, 4.69) is 5.32 Å².